The standard InChI is InChI=1S/C16H20N2O/c1-17-11-12-5-4-10-19-16(12)14-8-9-18-15-7-3-2-6-13(14)15/h2-3,6-9,12,16-17H,4-5,10-11H2,1H3. The summed E-state index contributed by atoms with van der Waals surface area (Å²) in [6, 6.07) is 10.4. The van der Waals surface area contributed by atoms with Crippen molar-refractivity contribution in [2.75, 3.05) is 20.2 Å². The molecule has 0 bridgehead atoms. The van der Waals surface area contributed by atoms with Gasteiger partial charge < -0.3 is 10.1 Å². The molecule has 19 heavy (non-hydrogen) atoms. The van der Waals surface area contributed by atoms with Crippen LogP contribution in [0.4, 0.5) is 0 Å². The van der Waals surface area contributed by atoms with Crippen LogP contribution in [0.5, 0.6) is 0 Å². The summed E-state index contributed by atoms with van der Waals surface area (Å²) in [5.74, 6) is 0.546. The number of hydrogen-bond donors (Lipinski definition) is 1. The number of pyridine rings is 1. The predicted octanol–water partition coefficient (Wildman–Crippen LogP) is 2.92. The molecule has 3 heteroatoms. The van der Waals surface area contributed by atoms with Crippen LogP contribution < -0.4 is 5.32 Å². The van der Waals surface area contributed by atoms with Crippen LogP contribution in [0.15, 0.2) is 36.5 Å². The van der Waals surface area contributed by atoms with Crippen molar-refractivity contribution in [3.8, 4) is 0 Å². The predicted molar refractivity (Wildman–Crippen MR) is 77.1 cm³/mol. The largest absolute Gasteiger partial charge is 0.373 e. The quantitative estimate of drug-likeness (QED) is 0.917. The third-order valence-corrected chi connectivity index (χ3v) is 3.90. The maximum absolute atomic E-state index is 6.07. The van der Waals surface area contributed by atoms with E-state index >= 15 is 0 Å². The fourth-order valence-electron chi connectivity index (χ4n) is 3.02. The van der Waals surface area contributed by atoms with Crippen molar-refractivity contribution in [3.63, 3.8) is 0 Å². The normalized spacial score (nSPS) is 23.6. The first-order valence-corrected chi connectivity index (χ1v) is 7.00. The van der Waals surface area contributed by atoms with Gasteiger partial charge in [0.2, 0.25) is 0 Å². The second kappa shape index (κ2) is 5.68. The zero-order chi connectivity index (χ0) is 13.1. The highest BCUT2D eigenvalue weighted by Gasteiger charge is 2.28. The number of nitrogens with zero attached hydrogens (tertiary/aromatic N) is 1. The van der Waals surface area contributed by atoms with Crippen LogP contribution in [0.25, 0.3) is 10.9 Å². The number of para-hydroxylation sites is 1. The molecule has 2 unspecified atom stereocenters. The lowest BCUT2D eigenvalue weighted by Gasteiger charge is -2.32. The zero-order valence-electron chi connectivity index (χ0n) is 11.3. The Bertz CT molecular complexity index is 548. The molecule has 0 amide bonds. The SMILES string of the molecule is CNCC1CCCOC1c1ccnc2ccccc12. The van der Waals surface area contributed by atoms with E-state index in [4.69, 9.17) is 4.74 Å². The van der Waals surface area contributed by atoms with Crippen LogP contribution in [0.1, 0.15) is 24.5 Å². The molecule has 2 atom stereocenters. The number of benzene rings is 1. The molecule has 2 heterocycles. The van der Waals surface area contributed by atoms with Gasteiger partial charge in [-0.3, -0.25) is 4.98 Å². The molecular weight excluding hydrogens is 236 g/mol. The average Bonchev–Trinajstić information content (AvgIpc) is 2.48. The third kappa shape index (κ3) is 2.48. The monoisotopic (exact) mass is 256 g/mol. The summed E-state index contributed by atoms with van der Waals surface area (Å²) in [5, 5.41) is 4.51. The number of fused-ring (bicyclic) bond motifs is 1. The van der Waals surface area contributed by atoms with Crippen molar-refractivity contribution in [1.29, 1.82) is 0 Å². The number of rotatable bonds is 3. The van der Waals surface area contributed by atoms with E-state index < -0.39 is 0 Å². The number of ether oxygens (including phenoxy) is 1. The van der Waals surface area contributed by atoms with Gasteiger partial charge in [0.1, 0.15) is 0 Å². The number of aromatic nitrogens is 1. The molecule has 3 rings (SSSR count). The molecular formula is C16H20N2O. The van der Waals surface area contributed by atoms with Crippen LogP contribution in [-0.4, -0.2) is 25.2 Å². The Morgan fingerprint density at radius 3 is 3.11 bits per heavy atom. The Hall–Kier alpha value is -1.45. The van der Waals surface area contributed by atoms with Gasteiger partial charge in [-0.1, -0.05) is 18.2 Å². The molecule has 0 spiro atoms. The van der Waals surface area contributed by atoms with Gasteiger partial charge in [-0.15, -0.1) is 0 Å². The number of hydrogen-bond acceptors (Lipinski definition) is 3. The van der Waals surface area contributed by atoms with E-state index in [9.17, 15) is 0 Å². The summed E-state index contributed by atoms with van der Waals surface area (Å²) >= 11 is 0. The molecule has 1 aliphatic heterocycles. The molecule has 100 valence electrons. The first kappa shape index (κ1) is 12.6. The average molecular weight is 256 g/mol. The molecule has 1 aromatic carbocycles. The second-order valence-corrected chi connectivity index (χ2v) is 5.17. The summed E-state index contributed by atoms with van der Waals surface area (Å²) in [6.07, 6.45) is 4.47. The van der Waals surface area contributed by atoms with Gasteiger partial charge in [-0.2, -0.15) is 0 Å². The van der Waals surface area contributed by atoms with E-state index in [0.717, 1.165) is 25.1 Å². The molecule has 1 aromatic heterocycles. The van der Waals surface area contributed by atoms with Gasteiger partial charge >= 0.3 is 0 Å². The summed E-state index contributed by atoms with van der Waals surface area (Å²) in [5.41, 5.74) is 2.34. The number of nitrogens with one attached hydrogen (secondary N) is 1. The van der Waals surface area contributed by atoms with Gasteiger partial charge in [0.05, 0.1) is 11.6 Å². The van der Waals surface area contributed by atoms with E-state index in [2.05, 4.69) is 34.6 Å². The van der Waals surface area contributed by atoms with E-state index in [1.807, 2.05) is 19.3 Å². The Labute approximate surface area is 114 Å². The molecule has 1 fully saturated rings. The van der Waals surface area contributed by atoms with Gasteiger partial charge in [0, 0.05) is 30.7 Å². The Morgan fingerprint density at radius 2 is 2.21 bits per heavy atom. The molecule has 0 aliphatic carbocycles. The fourth-order valence-corrected chi connectivity index (χ4v) is 3.02. The second-order valence-electron chi connectivity index (χ2n) is 5.17. The fraction of sp³-hybridized carbons (Fsp3) is 0.438. The Morgan fingerprint density at radius 1 is 1.32 bits per heavy atom. The first-order chi connectivity index (χ1) is 9.40. The van der Waals surface area contributed by atoms with E-state index in [0.29, 0.717) is 5.92 Å². The smallest absolute Gasteiger partial charge is 0.0872 e. The maximum atomic E-state index is 6.07. The van der Waals surface area contributed by atoms with Crippen LogP contribution >= 0.6 is 0 Å². The van der Waals surface area contributed by atoms with Gasteiger partial charge in [-0.05, 0) is 37.6 Å². The van der Waals surface area contributed by atoms with Crippen molar-refractivity contribution in [2.45, 2.75) is 18.9 Å². The van der Waals surface area contributed by atoms with Crippen molar-refractivity contribution < 1.29 is 4.74 Å². The highest BCUT2D eigenvalue weighted by atomic mass is 16.5. The molecule has 3 nitrogen and oxygen atoms in total. The highest BCUT2D eigenvalue weighted by molar-refractivity contribution is 5.82. The molecule has 0 saturated carbocycles. The molecule has 1 N–H and O–H groups in total. The van der Waals surface area contributed by atoms with Crippen molar-refractivity contribution in [3.05, 3.63) is 42.1 Å². The summed E-state index contributed by atoms with van der Waals surface area (Å²) in [4.78, 5) is 4.44. The molecule has 1 saturated heterocycles. The van der Waals surface area contributed by atoms with Crippen LogP contribution in [-0.2, 0) is 4.74 Å². The first-order valence-electron chi connectivity index (χ1n) is 7.00. The summed E-state index contributed by atoms with van der Waals surface area (Å²) in [7, 11) is 2.01. The van der Waals surface area contributed by atoms with Crippen molar-refractivity contribution in [1.82, 2.24) is 10.3 Å². The molecule has 0 radical (unpaired) electrons. The lowest BCUT2D eigenvalue weighted by Crippen LogP contribution is -2.30. The van der Waals surface area contributed by atoms with Gasteiger partial charge in [0.15, 0.2) is 0 Å². The van der Waals surface area contributed by atoms with E-state index in [1.54, 1.807) is 0 Å². The van der Waals surface area contributed by atoms with Crippen molar-refractivity contribution in [2.24, 2.45) is 5.92 Å². The van der Waals surface area contributed by atoms with Crippen LogP contribution in [0.2, 0.25) is 0 Å². The lowest BCUT2D eigenvalue weighted by molar-refractivity contribution is -0.0264. The minimum atomic E-state index is 0.189. The third-order valence-electron chi connectivity index (χ3n) is 3.90. The maximum Gasteiger partial charge on any atom is 0.0872 e. The summed E-state index contributed by atoms with van der Waals surface area (Å²) < 4.78 is 6.07. The summed E-state index contributed by atoms with van der Waals surface area (Å²) in [6.45, 7) is 1.86. The Kier molecular flexibility index (Phi) is 3.76. The highest BCUT2D eigenvalue weighted by Crippen LogP contribution is 2.36. The zero-order valence-corrected chi connectivity index (χ0v) is 11.3. The minimum absolute atomic E-state index is 0.189. The Balaban J connectivity index is 2.02. The van der Waals surface area contributed by atoms with Crippen LogP contribution in [0, 0.1) is 5.92 Å². The topological polar surface area (TPSA) is 34.1 Å². The van der Waals surface area contributed by atoms with Crippen LogP contribution in [0.3, 0.4) is 0 Å². The molecule has 2 aromatic rings. The van der Waals surface area contributed by atoms with E-state index in [1.165, 1.54) is 17.4 Å². The van der Waals surface area contributed by atoms with E-state index in [-0.39, 0.29) is 6.10 Å². The van der Waals surface area contributed by atoms with Crippen molar-refractivity contribution >= 4 is 10.9 Å². The van der Waals surface area contributed by atoms with Gasteiger partial charge in [-0.25, -0.2) is 0 Å². The molecule has 1 aliphatic rings. The lowest BCUT2D eigenvalue weighted by atomic mass is 9.88. The minimum Gasteiger partial charge on any atom is -0.373 e. The van der Waals surface area contributed by atoms with Gasteiger partial charge in [0.25, 0.3) is 0 Å².